The van der Waals surface area contributed by atoms with E-state index in [4.69, 9.17) is 11.5 Å². The van der Waals surface area contributed by atoms with Gasteiger partial charge in [-0.2, -0.15) is 26.3 Å². The first-order valence-electron chi connectivity index (χ1n) is 9.82. The van der Waals surface area contributed by atoms with Crippen molar-refractivity contribution in [3.8, 4) is 28.0 Å². The summed E-state index contributed by atoms with van der Waals surface area (Å²) in [5.74, 6) is -0.530. The molecular formula is C24H22F6N2O. The lowest BCUT2D eigenvalue weighted by Crippen LogP contribution is -2.16. The second-order valence-corrected chi connectivity index (χ2v) is 8.78. The van der Waals surface area contributed by atoms with Crippen molar-refractivity contribution in [2.75, 3.05) is 11.5 Å². The van der Waals surface area contributed by atoms with E-state index in [-0.39, 0.29) is 22.9 Å². The molecule has 0 aromatic heterocycles. The normalized spacial score (nSPS) is 12.8. The molecule has 0 saturated carbocycles. The van der Waals surface area contributed by atoms with Crippen LogP contribution in [0.2, 0.25) is 0 Å². The highest BCUT2D eigenvalue weighted by Crippen LogP contribution is 2.49. The van der Waals surface area contributed by atoms with Crippen LogP contribution in [0.3, 0.4) is 0 Å². The van der Waals surface area contributed by atoms with Crippen LogP contribution in [0, 0.1) is 0 Å². The highest BCUT2D eigenvalue weighted by atomic mass is 19.4. The van der Waals surface area contributed by atoms with Crippen molar-refractivity contribution < 1.29 is 31.4 Å². The first kappa shape index (κ1) is 24.3. The van der Waals surface area contributed by atoms with Crippen molar-refractivity contribution in [2.24, 2.45) is 0 Å². The predicted octanol–water partition coefficient (Wildman–Crippen LogP) is 7.23. The lowest BCUT2D eigenvalue weighted by Gasteiger charge is -2.26. The number of aromatic hydroxyl groups is 1. The lowest BCUT2D eigenvalue weighted by molar-refractivity contribution is -0.143. The SMILES string of the molecule is CC(C)(C)c1cc(-c2ccc(N)cc2)c(O)c(-c2cc(C(F)(F)F)cc(C(F)(F)F)c2)c1N. The smallest absolute Gasteiger partial charge is 0.416 e. The summed E-state index contributed by atoms with van der Waals surface area (Å²) in [5.41, 5.74) is 8.99. The number of nitrogens with two attached hydrogens (primary N) is 2. The van der Waals surface area contributed by atoms with Crippen molar-refractivity contribution in [1.29, 1.82) is 0 Å². The third kappa shape index (κ3) is 4.86. The van der Waals surface area contributed by atoms with E-state index in [2.05, 4.69) is 0 Å². The van der Waals surface area contributed by atoms with Gasteiger partial charge in [0.2, 0.25) is 0 Å². The van der Waals surface area contributed by atoms with E-state index in [0.717, 1.165) is 0 Å². The summed E-state index contributed by atoms with van der Waals surface area (Å²) < 4.78 is 80.6. The van der Waals surface area contributed by atoms with E-state index < -0.39 is 40.2 Å². The quantitative estimate of drug-likeness (QED) is 0.275. The second-order valence-electron chi connectivity index (χ2n) is 8.78. The summed E-state index contributed by atoms with van der Waals surface area (Å²) in [6.45, 7) is 5.37. The Labute approximate surface area is 186 Å². The summed E-state index contributed by atoms with van der Waals surface area (Å²) in [6, 6.07) is 9.03. The Kier molecular flexibility index (Phi) is 5.81. The van der Waals surface area contributed by atoms with Crippen LogP contribution in [0.4, 0.5) is 37.7 Å². The van der Waals surface area contributed by atoms with Crippen molar-refractivity contribution in [2.45, 2.75) is 38.5 Å². The first-order chi connectivity index (χ1) is 15.0. The molecule has 0 spiro atoms. The van der Waals surface area contributed by atoms with Gasteiger partial charge in [-0.25, -0.2) is 0 Å². The summed E-state index contributed by atoms with van der Waals surface area (Å²) in [5, 5.41) is 11.0. The second kappa shape index (κ2) is 7.90. The topological polar surface area (TPSA) is 72.3 Å². The summed E-state index contributed by atoms with van der Waals surface area (Å²) in [7, 11) is 0. The molecule has 0 aliphatic heterocycles. The standard InChI is InChI=1S/C24H22F6N2O/c1-22(2,3)18-11-17(12-4-6-16(31)7-5-12)21(33)19(20(18)32)13-8-14(23(25,26)27)10-15(9-13)24(28,29)30/h4-11,33H,31-32H2,1-3H3. The summed E-state index contributed by atoms with van der Waals surface area (Å²) in [4.78, 5) is 0. The summed E-state index contributed by atoms with van der Waals surface area (Å²) in [6.07, 6.45) is -10.1. The number of benzene rings is 3. The number of alkyl halides is 6. The van der Waals surface area contributed by atoms with Gasteiger partial charge >= 0.3 is 12.4 Å². The van der Waals surface area contributed by atoms with E-state index in [1.165, 1.54) is 0 Å². The van der Waals surface area contributed by atoms with Crippen LogP contribution in [0.25, 0.3) is 22.3 Å². The largest absolute Gasteiger partial charge is 0.507 e. The minimum absolute atomic E-state index is 0.0330. The highest BCUT2D eigenvalue weighted by Gasteiger charge is 2.38. The molecule has 0 amide bonds. The zero-order valence-corrected chi connectivity index (χ0v) is 18.0. The van der Waals surface area contributed by atoms with Gasteiger partial charge in [0.15, 0.2) is 0 Å². The van der Waals surface area contributed by atoms with E-state index in [1.807, 2.05) is 0 Å². The lowest BCUT2D eigenvalue weighted by atomic mass is 9.80. The minimum Gasteiger partial charge on any atom is -0.507 e. The molecule has 3 aromatic rings. The number of rotatable bonds is 2. The van der Waals surface area contributed by atoms with Gasteiger partial charge in [-0.1, -0.05) is 32.9 Å². The van der Waals surface area contributed by atoms with E-state index in [1.54, 1.807) is 51.1 Å². The third-order valence-electron chi connectivity index (χ3n) is 5.25. The molecule has 9 heteroatoms. The fourth-order valence-electron chi connectivity index (χ4n) is 3.58. The molecule has 176 valence electrons. The number of phenols is 1. The molecule has 0 heterocycles. The van der Waals surface area contributed by atoms with Gasteiger partial charge in [-0.05, 0) is 58.5 Å². The molecular weight excluding hydrogens is 446 g/mol. The zero-order valence-electron chi connectivity index (χ0n) is 18.0. The van der Waals surface area contributed by atoms with Gasteiger partial charge in [-0.15, -0.1) is 0 Å². The molecule has 3 rings (SSSR count). The number of nitrogen functional groups attached to an aromatic ring is 2. The minimum atomic E-state index is -5.04. The maximum atomic E-state index is 13.4. The Morgan fingerprint density at radius 1 is 0.697 bits per heavy atom. The Morgan fingerprint density at radius 2 is 1.18 bits per heavy atom. The van der Waals surface area contributed by atoms with Crippen molar-refractivity contribution in [3.05, 3.63) is 65.2 Å². The maximum Gasteiger partial charge on any atom is 0.416 e. The van der Waals surface area contributed by atoms with Gasteiger partial charge in [-0.3, -0.25) is 0 Å². The average molecular weight is 468 g/mol. The molecule has 0 bridgehead atoms. The van der Waals surface area contributed by atoms with Crippen LogP contribution in [0.5, 0.6) is 5.75 Å². The molecule has 0 saturated heterocycles. The predicted molar refractivity (Wildman–Crippen MR) is 117 cm³/mol. The number of phenolic OH excluding ortho intramolecular Hbond substituents is 1. The third-order valence-corrected chi connectivity index (χ3v) is 5.25. The van der Waals surface area contributed by atoms with Crippen LogP contribution in [-0.2, 0) is 17.8 Å². The number of halogens is 6. The molecule has 0 radical (unpaired) electrons. The van der Waals surface area contributed by atoms with Crippen molar-refractivity contribution in [1.82, 2.24) is 0 Å². The molecule has 0 aliphatic rings. The van der Waals surface area contributed by atoms with Crippen LogP contribution >= 0.6 is 0 Å². The van der Waals surface area contributed by atoms with E-state index in [9.17, 15) is 31.4 Å². The molecule has 33 heavy (non-hydrogen) atoms. The Balaban J connectivity index is 2.44. The van der Waals surface area contributed by atoms with E-state index in [0.29, 0.717) is 28.9 Å². The van der Waals surface area contributed by atoms with Crippen molar-refractivity contribution in [3.63, 3.8) is 0 Å². The first-order valence-corrected chi connectivity index (χ1v) is 9.82. The van der Waals surface area contributed by atoms with Crippen LogP contribution < -0.4 is 11.5 Å². The molecule has 5 N–H and O–H groups in total. The maximum absolute atomic E-state index is 13.4. The Morgan fingerprint density at radius 3 is 1.61 bits per heavy atom. The van der Waals surface area contributed by atoms with Crippen LogP contribution in [0.1, 0.15) is 37.5 Å². The van der Waals surface area contributed by atoms with Gasteiger partial charge < -0.3 is 16.6 Å². The van der Waals surface area contributed by atoms with Gasteiger partial charge in [0, 0.05) is 22.5 Å². The molecule has 3 aromatic carbocycles. The van der Waals surface area contributed by atoms with E-state index >= 15 is 0 Å². The van der Waals surface area contributed by atoms with Gasteiger partial charge in [0.05, 0.1) is 11.1 Å². The van der Waals surface area contributed by atoms with Crippen LogP contribution in [-0.4, -0.2) is 5.11 Å². The van der Waals surface area contributed by atoms with Gasteiger partial charge in [0.25, 0.3) is 0 Å². The van der Waals surface area contributed by atoms with Crippen LogP contribution in [0.15, 0.2) is 48.5 Å². The molecule has 0 unspecified atom stereocenters. The molecule has 0 fully saturated rings. The fraction of sp³-hybridized carbons (Fsp3) is 0.250. The van der Waals surface area contributed by atoms with Gasteiger partial charge in [0.1, 0.15) is 5.75 Å². The molecule has 0 aliphatic carbocycles. The summed E-state index contributed by atoms with van der Waals surface area (Å²) >= 11 is 0. The Bertz CT molecular complexity index is 1160. The molecule has 3 nitrogen and oxygen atoms in total. The monoisotopic (exact) mass is 468 g/mol. The number of hydrogen-bond acceptors (Lipinski definition) is 3. The Hall–Kier alpha value is -3.36. The molecule has 0 atom stereocenters. The fourth-order valence-corrected chi connectivity index (χ4v) is 3.58. The average Bonchev–Trinajstić information content (AvgIpc) is 2.66. The zero-order chi connectivity index (χ0) is 24.9. The van der Waals surface area contributed by atoms with Crippen molar-refractivity contribution >= 4 is 11.4 Å². The highest BCUT2D eigenvalue weighted by molar-refractivity contribution is 5.92. The number of anilines is 2. The number of hydrogen-bond donors (Lipinski definition) is 3.